The van der Waals surface area contributed by atoms with Crippen LogP contribution in [0, 0.1) is 0 Å². The van der Waals surface area contributed by atoms with Gasteiger partial charge in [-0.2, -0.15) is 5.10 Å². The van der Waals surface area contributed by atoms with Gasteiger partial charge in [0, 0.05) is 4.47 Å². The average molecular weight is 525 g/mol. The summed E-state index contributed by atoms with van der Waals surface area (Å²) in [6.07, 6.45) is 3.57. The molecule has 7 nitrogen and oxygen atoms in total. The first-order chi connectivity index (χ1) is 16.5. The molecule has 0 bridgehead atoms. The maximum absolute atomic E-state index is 12.2. The second-order valence-corrected chi connectivity index (χ2v) is 8.14. The third kappa shape index (κ3) is 8.37. The lowest BCUT2D eigenvalue weighted by molar-refractivity contribution is -0.123. The number of nitrogens with one attached hydrogen (secondary N) is 1. The van der Waals surface area contributed by atoms with Gasteiger partial charge < -0.3 is 14.2 Å². The van der Waals surface area contributed by atoms with E-state index in [4.69, 9.17) is 14.2 Å². The minimum absolute atomic E-state index is 0.169. The summed E-state index contributed by atoms with van der Waals surface area (Å²) in [4.78, 5) is 24.1. The van der Waals surface area contributed by atoms with Crippen LogP contribution in [0.15, 0.2) is 82.4 Å². The van der Waals surface area contributed by atoms with E-state index in [1.54, 1.807) is 66.7 Å². The van der Waals surface area contributed by atoms with Gasteiger partial charge in [0.1, 0.15) is 17.2 Å². The van der Waals surface area contributed by atoms with Crippen LogP contribution in [0.3, 0.4) is 0 Å². The average Bonchev–Trinajstić information content (AvgIpc) is 2.85. The second-order valence-electron chi connectivity index (χ2n) is 7.22. The first kappa shape index (κ1) is 25.0. The van der Waals surface area contributed by atoms with Gasteiger partial charge in [-0.3, -0.25) is 4.79 Å². The van der Waals surface area contributed by atoms with Gasteiger partial charge in [0.15, 0.2) is 6.61 Å². The Morgan fingerprint density at radius 2 is 1.62 bits per heavy atom. The molecule has 1 N–H and O–H groups in total. The summed E-state index contributed by atoms with van der Waals surface area (Å²) in [5.41, 5.74) is 3.58. The highest BCUT2D eigenvalue weighted by Gasteiger charge is 2.08. The zero-order valence-electron chi connectivity index (χ0n) is 18.7. The normalized spacial score (nSPS) is 10.6. The molecule has 176 valence electrons. The smallest absolute Gasteiger partial charge is 0.343 e. The molecule has 3 rings (SSSR count). The number of hydrogen-bond acceptors (Lipinski definition) is 6. The number of amides is 1. The zero-order chi connectivity index (χ0) is 24.2. The molecule has 0 saturated heterocycles. The highest BCUT2D eigenvalue weighted by atomic mass is 79.9. The van der Waals surface area contributed by atoms with E-state index >= 15 is 0 Å². The molecule has 0 spiro atoms. The number of carbonyl (C=O) groups is 2. The second kappa shape index (κ2) is 13.2. The van der Waals surface area contributed by atoms with Gasteiger partial charge >= 0.3 is 5.97 Å². The number of hydrazone groups is 1. The molecular formula is C26H25BrN2O5. The first-order valence-electron chi connectivity index (χ1n) is 10.8. The molecular weight excluding hydrogens is 500 g/mol. The van der Waals surface area contributed by atoms with E-state index in [0.29, 0.717) is 23.7 Å². The quantitative estimate of drug-likeness (QED) is 0.120. The minimum Gasteiger partial charge on any atom is -0.494 e. The highest BCUT2D eigenvalue weighted by Crippen LogP contribution is 2.18. The highest BCUT2D eigenvalue weighted by molar-refractivity contribution is 9.10. The van der Waals surface area contributed by atoms with Crippen LogP contribution in [0.4, 0.5) is 0 Å². The largest absolute Gasteiger partial charge is 0.494 e. The molecule has 0 atom stereocenters. The van der Waals surface area contributed by atoms with Crippen molar-refractivity contribution in [2.45, 2.75) is 19.8 Å². The summed E-state index contributed by atoms with van der Waals surface area (Å²) in [5.74, 6) is 0.896. The molecule has 3 aromatic rings. The van der Waals surface area contributed by atoms with E-state index in [1.165, 1.54) is 6.21 Å². The maximum Gasteiger partial charge on any atom is 0.343 e. The Morgan fingerprint density at radius 3 is 2.29 bits per heavy atom. The van der Waals surface area contributed by atoms with E-state index in [9.17, 15) is 9.59 Å². The van der Waals surface area contributed by atoms with E-state index in [2.05, 4.69) is 33.4 Å². The Hall–Kier alpha value is -3.65. The van der Waals surface area contributed by atoms with Gasteiger partial charge in [-0.1, -0.05) is 35.3 Å². The van der Waals surface area contributed by atoms with Gasteiger partial charge in [0.2, 0.25) is 0 Å². The molecule has 0 aliphatic carbocycles. The van der Waals surface area contributed by atoms with Gasteiger partial charge in [-0.25, -0.2) is 10.2 Å². The summed E-state index contributed by atoms with van der Waals surface area (Å²) >= 11 is 3.33. The molecule has 0 heterocycles. The first-order valence-corrected chi connectivity index (χ1v) is 11.6. The van der Waals surface area contributed by atoms with Crippen molar-refractivity contribution < 1.29 is 23.8 Å². The summed E-state index contributed by atoms with van der Waals surface area (Å²) in [6, 6.07) is 20.8. The lowest BCUT2D eigenvalue weighted by Gasteiger charge is -2.08. The topological polar surface area (TPSA) is 86.2 Å². The van der Waals surface area contributed by atoms with Crippen molar-refractivity contribution in [2.24, 2.45) is 5.10 Å². The van der Waals surface area contributed by atoms with Crippen LogP contribution in [0.2, 0.25) is 0 Å². The fraction of sp³-hybridized carbons (Fsp3) is 0.192. The predicted molar refractivity (Wildman–Crippen MR) is 134 cm³/mol. The minimum atomic E-state index is -0.450. The SMILES string of the molecule is CCCCOc1ccc(OCC(=O)NN=Cc2ccc(OC(=O)c3cccc(Br)c3)cc2)cc1. The number of halogens is 1. The number of benzene rings is 3. The van der Waals surface area contributed by atoms with Crippen molar-refractivity contribution in [1.82, 2.24) is 5.43 Å². The van der Waals surface area contributed by atoms with Crippen LogP contribution in [-0.4, -0.2) is 31.3 Å². The van der Waals surface area contributed by atoms with Crippen molar-refractivity contribution in [1.29, 1.82) is 0 Å². The Kier molecular flexibility index (Phi) is 9.66. The number of carbonyl (C=O) groups excluding carboxylic acids is 2. The Labute approximate surface area is 206 Å². The molecule has 0 radical (unpaired) electrons. The Bertz CT molecular complexity index is 1110. The molecule has 0 aromatic heterocycles. The molecule has 0 fully saturated rings. The van der Waals surface area contributed by atoms with Crippen LogP contribution >= 0.6 is 15.9 Å². The van der Waals surface area contributed by atoms with E-state index < -0.39 is 5.97 Å². The van der Waals surface area contributed by atoms with E-state index in [-0.39, 0.29) is 12.5 Å². The van der Waals surface area contributed by atoms with E-state index in [0.717, 1.165) is 28.6 Å². The number of esters is 1. The standard InChI is InChI=1S/C26H25BrN2O5/c1-2-3-15-32-22-11-13-23(14-12-22)33-18-25(30)29-28-17-19-7-9-24(10-8-19)34-26(31)20-5-4-6-21(27)16-20/h4-14,16-17H,2-3,15,18H2,1H3,(H,29,30). The summed E-state index contributed by atoms with van der Waals surface area (Å²) in [5, 5.41) is 3.92. The zero-order valence-corrected chi connectivity index (χ0v) is 20.3. The van der Waals surface area contributed by atoms with Crippen molar-refractivity contribution in [2.75, 3.05) is 13.2 Å². The molecule has 0 saturated carbocycles. The molecule has 0 aliphatic rings. The van der Waals surface area contributed by atoms with Gasteiger partial charge in [-0.15, -0.1) is 0 Å². The molecule has 0 aliphatic heterocycles. The molecule has 34 heavy (non-hydrogen) atoms. The molecule has 0 unspecified atom stereocenters. The monoisotopic (exact) mass is 524 g/mol. The third-order valence-corrected chi connectivity index (χ3v) is 5.01. The van der Waals surface area contributed by atoms with Crippen LogP contribution in [-0.2, 0) is 4.79 Å². The van der Waals surface area contributed by atoms with Crippen LogP contribution in [0.5, 0.6) is 17.2 Å². The number of rotatable bonds is 11. The van der Waals surface area contributed by atoms with Gasteiger partial charge in [0.25, 0.3) is 5.91 Å². The van der Waals surface area contributed by atoms with Crippen LogP contribution in [0.25, 0.3) is 0 Å². The summed E-state index contributed by atoms with van der Waals surface area (Å²) in [6.45, 7) is 2.62. The maximum atomic E-state index is 12.2. The predicted octanol–water partition coefficient (Wildman–Crippen LogP) is 5.38. The van der Waals surface area contributed by atoms with Gasteiger partial charge in [-0.05, 0) is 78.7 Å². The summed E-state index contributed by atoms with van der Waals surface area (Å²) in [7, 11) is 0. The number of unbranched alkanes of at least 4 members (excludes halogenated alkanes) is 1. The number of nitrogens with zero attached hydrogens (tertiary/aromatic N) is 1. The third-order valence-electron chi connectivity index (χ3n) is 4.51. The summed E-state index contributed by atoms with van der Waals surface area (Å²) < 4.78 is 17.2. The fourth-order valence-corrected chi connectivity index (χ4v) is 3.13. The molecule has 3 aromatic carbocycles. The van der Waals surface area contributed by atoms with Crippen LogP contribution < -0.4 is 19.6 Å². The van der Waals surface area contributed by atoms with E-state index in [1.807, 2.05) is 6.07 Å². The van der Waals surface area contributed by atoms with Crippen molar-refractivity contribution in [3.63, 3.8) is 0 Å². The molecule has 8 heteroatoms. The number of ether oxygens (including phenoxy) is 3. The van der Waals surface area contributed by atoms with Crippen molar-refractivity contribution in [3.05, 3.63) is 88.4 Å². The Balaban J connectivity index is 1.40. The number of hydrogen-bond donors (Lipinski definition) is 1. The van der Waals surface area contributed by atoms with Crippen LogP contribution in [0.1, 0.15) is 35.7 Å². The van der Waals surface area contributed by atoms with Gasteiger partial charge in [0.05, 0.1) is 18.4 Å². The Morgan fingerprint density at radius 1 is 0.941 bits per heavy atom. The fourth-order valence-electron chi connectivity index (χ4n) is 2.73. The lowest BCUT2D eigenvalue weighted by Crippen LogP contribution is -2.24. The molecule has 1 amide bonds. The lowest BCUT2D eigenvalue weighted by atomic mass is 10.2. The van der Waals surface area contributed by atoms with Crippen molar-refractivity contribution >= 4 is 34.0 Å². The van der Waals surface area contributed by atoms with Crippen molar-refractivity contribution in [3.8, 4) is 17.2 Å².